The number of carbonyl (C=O) groups excluding carboxylic acids is 2. The SMILES string of the molecule is COCCCN1C(=O)C(=O)/C(=C(\O)c2ccccc2)C1c1ccc(Cl)cc1. The molecule has 140 valence electrons. The van der Waals surface area contributed by atoms with Crippen molar-refractivity contribution in [2.24, 2.45) is 0 Å². The maximum absolute atomic E-state index is 12.7. The number of halogens is 1. The molecule has 0 radical (unpaired) electrons. The first-order chi connectivity index (χ1) is 13.0. The second kappa shape index (κ2) is 8.37. The third-order valence-corrected chi connectivity index (χ3v) is 4.77. The summed E-state index contributed by atoms with van der Waals surface area (Å²) in [6.45, 7) is 0.812. The lowest BCUT2D eigenvalue weighted by atomic mass is 9.95. The first-order valence-corrected chi connectivity index (χ1v) is 9.00. The number of likely N-dealkylation sites (tertiary alicyclic amines) is 1. The molecule has 1 unspecified atom stereocenters. The van der Waals surface area contributed by atoms with E-state index in [0.29, 0.717) is 35.7 Å². The molecule has 1 aliphatic heterocycles. The Morgan fingerprint density at radius 1 is 1.11 bits per heavy atom. The van der Waals surface area contributed by atoms with Crippen LogP contribution in [0.3, 0.4) is 0 Å². The molecule has 1 heterocycles. The van der Waals surface area contributed by atoms with E-state index in [2.05, 4.69) is 0 Å². The van der Waals surface area contributed by atoms with Crippen LogP contribution in [0.25, 0.3) is 5.76 Å². The van der Waals surface area contributed by atoms with Gasteiger partial charge in [0.2, 0.25) is 0 Å². The third kappa shape index (κ3) is 3.89. The third-order valence-electron chi connectivity index (χ3n) is 4.52. The summed E-state index contributed by atoms with van der Waals surface area (Å²) in [5.74, 6) is -1.49. The van der Waals surface area contributed by atoms with Crippen molar-refractivity contribution in [3.05, 3.63) is 76.3 Å². The fourth-order valence-corrected chi connectivity index (χ4v) is 3.36. The van der Waals surface area contributed by atoms with Gasteiger partial charge in [-0.1, -0.05) is 54.1 Å². The highest BCUT2D eigenvalue weighted by Crippen LogP contribution is 2.39. The number of aliphatic hydroxyl groups is 1. The minimum absolute atomic E-state index is 0.0888. The van der Waals surface area contributed by atoms with E-state index in [9.17, 15) is 14.7 Å². The van der Waals surface area contributed by atoms with Crippen molar-refractivity contribution in [1.29, 1.82) is 0 Å². The fraction of sp³-hybridized carbons (Fsp3) is 0.238. The van der Waals surface area contributed by atoms with E-state index in [1.54, 1.807) is 55.6 Å². The molecule has 27 heavy (non-hydrogen) atoms. The largest absolute Gasteiger partial charge is 0.507 e. The Labute approximate surface area is 162 Å². The van der Waals surface area contributed by atoms with E-state index in [1.165, 1.54) is 4.90 Å². The quantitative estimate of drug-likeness (QED) is 0.355. The Morgan fingerprint density at radius 2 is 1.78 bits per heavy atom. The van der Waals surface area contributed by atoms with E-state index >= 15 is 0 Å². The molecule has 2 aromatic carbocycles. The number of hydrogen-bond donors (Lipinski definition) is 1. The molecule has 1 fully saturated rings. The Bertz CT molecular complexity index is 862. The number of carbonyl (C=O) groups is 2. The summed E-state index contributed by atoms with van der Waals surface area (Å²) in [6.07, 6.45) is 0.582. The lowest BCUT2D eigenvalue weighted by Gasteiger charge is -2.25. The Balaban J connectivity index is 2.10. The second-order valence-electron chi connectivity index (χ2n) is 6.26. The lowest BCUT2D eigenvalue weighted by Crippen LogP contribution is -2.31. The summed E-state index contributed by atoms with van der Waals surface area (Å²) in [7, 11) is 1.58. The highest BCUT2D eigenvalue weighted by Gasteiger charge is 2.45. The number of ketones is 1. The summed E-state index contributed by atoms with van der Waals surface area (Å²) in [5, 5.41) is 11.4. The van der Waals surface area contributed by atoms with Gasteiger partial charge in [-0.15, -0.1) is 0 Å². The molecular weight excluding hydrogens is 366 g/mol. The van der Waals surface area contributed by atoms with Crippen LogP contribution in [0.4, 0.5) is 0 Å². The monoisotopic (exact) mass is 385 g/mol. The first kappa shape index (κ1) is 19.1. The predicted octanol–water partition coefficient (Wildman–Crippen LogP) is 3.80. The molecule has 1 aliphatic rings. The minimum Gasteiger partial charge on any atom is -0.507 e. The maximum atomic E-state index is 12.7. The number of Topliss-reactive ketones (excluding diaryl/α,β-unsaturated/α-hetero) is 1. The van der Waals surface area contributed by atoms with Gasteiger partial charge < -0.3 is 14.7 Å². The molecule has 6 heteroatoms. The highest BCUT2D eigenvalue weighted by atomic mass is 35.5. The standard InChI is InChI=1S/C21H20ClNO4/c1-27-13-5-12-23-18(14-8-10-16(22)11-9-14)17(20(25)21(23)26)19(24)15-6-3-2-4-7-15/h2-4,6-11,18,24H,5,12-13H2,1H3/b19-17-. The van der Waals surface area contributed by atoms with Gasteiger partial charge in [0.1, 0.15) is 5.76 Å². The average molecular weight is 386 g/mol. The molecule has 1 N–H and O–H groups in total. The van der Waals surface area contributed by atoms with E-state index in [-0.39, 0.29) is 11.3 Å². The molecule has 0 aliphatic carbocycles. The van der Waals surface area contributed by atoms with Gasteiger partial charge >= 0.3 is 0 Å². The molecule has 5 nitrogen and oxygen atoms in total. The number of benzene rings is 2. The lowest BCUT2D eigenvalue weighted by molar-refractivity contribution is -0.140. The topological polar surface area (TPSA) is 66.8 Å². The van der Waals surface area contributed by atoms with Gasteiger partial charge in [0.15, 0.2) is 0 Å². The van der Waals surface area contributed by atoms with Crippen LogP contribution in [-0.2, 0) is 14.3 Å². The van der Waals surface area contributed by atoms with Gasteiger partial charge in [0.25, 0.3) is 11.7 Å². The summed E-state index contributed by atoms with van der Waals surface area (Å²) in [5.41, 5.74) is 1.30. The highest BCUT2D eigenvalue weighted by molar-refractivity contribution is 6.46. The molecule has 0 aromatic heterocycles. The summed E-state index contributed by atoms with van der Waals surface area (Å²) in [4.78, 5) is 26.9. The van der Waals surface area contributed by atoms with Gasteiger partial charge in [-0.3, -0.25) is 9.59 Å². The number of ether oxygens (including phenoxy) is 1. The Kier molecular flexibility index (Phi) is 5.94. The van der Waals surface area contributed by atoms with Crippen LogP contribution in [0, 0.1) is 0 Å². The van der Waals surface area contributed by atoms with E-state index < -0.39 is 17.7 Å². The van der Waals surface area contributed by atoms with Gasteiger partial charge in [-0.25, -0.2) is 0 Å². The minimum atomic E-state index is -0.686. The molecule has 1 atom stereocenters. The van der Waals surface area contributed by atoms with Crippen molar-refractivity contribution in [2.45, 2.75) is 12.5 Å². The van der Waals surface area contributed by atoms with E-state index in [4.69, 9.17) is 16.3 Å². The zero-order valence-electron chi connectivity index (χ0n) is 14.9. The number of methoxy groups -OCH3 is 1. The van der Waals surface area contributed by atoms with E-state index in [0.717, 1.165) is 0 Å². The number of rotatable bonds is 6. The van der Waals surface area contributed by atoms with Crippen LogP contribution in [0.2, 0.25) is 5.02 Å². The van der Waals surface area contributed by atoms with Gasteiger partial charge in [0.05, 0.1) is 11.6 Å². The second-order valence-corrected chi connectivity index (χ2v) is 6.69. The van der Waals surface area contributed by atoms with Gasteiger partial charge in [0, 0.05) is 30.8 Å². The van der Waals surface area contributed by atoms with Crippen molar-refractivity contribution < 1.29 is 19.4 Å². The molecular formula is C21H20ClNO4. The van der Waals surface area contributed by atoms with Crippen molar-refractivity contribution in [3.63, 3.8) is 0 Å². The van der Waals surface area contributed by atoms with Crippen LogP contribution in [-0.4, -0.2) is 42.0 Å². The first-order valence-electron chi connectivity index (χ1n) is 8.63. The number of nitrogens with zero attached hydrogens (tertiary/aromatic N) is 1. The molecule has 0 saturated carbocycles. The van der Waals surface area contributed by atoms with Gasteiger partial charge in [-0.2, -0.15) is 0 Å². The smallest absolute Gasteiger partial charge is 0.295 e. The van der Waals surface area contributed by atoms with Gasteiger partial charge in [-0.05, 0) is 24.1 Å². The average Bonchev–Trinajstić information content (AvgIpc) is 2.94. The summed E-state index contributed by atoms with van der Waals surface area (Å²) >= 11 is 5.98. The molecule has 0 spiro atoms. The molecule has 3 rings (SSSR count). The Hall–Kier alpha value is -2.63. The maximum Gasteiger partial charge on any atom is 0.295 e. The normalized spacial score (nSPS) is 18.9. The van der Waals surface area contributed by atoms with Crippen molar-refractivity contribution >= 4 is 29.1 Å². The molecule has 2 aromatic rings. The van der Waals surface area contributed by atoms with Crippen molar-refractivity contribution in [2.75, 3.05) is 20.3 Å². The summed E-state index contributed by atoms with van der Waals surface area (Å²) in [6, 6.07) is 15.0. The van der Waals surface area contributed by atoms with Crippen LogP contribution in [0.15, 0.2) is 60.2 Å². The van der Waals surface area contributed by atoms with Crippen LogP contribution in [0.1, 0.15) is 23.6 Å². The van der Waals surface area contributed by atoms with E-state index in [1.807, 2.05) is 6.07 Å². The van der Waals surface area contributed by atoms with Crippen LogP contribution in [0.5, 0.6) is 0 Å². The van der Waals surface area contributed by atoms with Crippen LogP contribution < -0.4 is 0 Å². The fourth-order valence-electron chi connectivity index (χ4n) is 3.23. The number of amides is 1. The number of aliphatic hydroxyl groups excluding tert-OH is 1. The van der Waals surface area contributed by atoms with Crippen LogP contribution >= 0.6 is 11.6 Å². The predicted molar refractivity (Wildman–Crippen MR) is 103 cm³/mol. The Morgan fingerprint density at radius 3 is 2.41 bits per heavy atom. The molecule has 0 bridgehead atoms. The molecule has 1 saturated heterocycles. The summed E-state index contributed by atoms with van der Waals surface area (Å²) < 4.78 is 5.06. The van der Waals surface area contributed by atoms with Crippen molar-refractivity contribution in [1.82, 2.24) is 4.90 Å². The number of hydrogen-bond acceptors (Lipinski definition) is 4. The zero-order chi connectivity index (χ0) is 19.4. The van der Waals surface area contributed by atoms with Crippen molar-refractivity contribution in [3.8, 4) is 0 Å². The molecule has 1 amide bonds. The zero-order valence-corrected chi connectivity index (χ0v) is 15.6.